The van der Waals surface area contributed by atoms with Gasteiger partial charge in [-0.15, -0.1) is 0 Å². The van der Waals surface area contributed by atoms with E-state index in [1.165, 1.54) is 54.9 Å². The first-order chi connectivity index (χ1) is 28.7. The molecule has 0 amide bonds. The van der Waals surface area contributed by atoms with E-state index in [-0.39, 0.29) is 0 Å². The summed E-state index contributed by atoms with van der Waals surface area (Å²) in [6, 6.07) is 80.5. The molecule has 11 rings (SSSR count). The van der Waals surface area contributed by atoms with Crippen LogP contribution in [0.3, 0.4) is 0 Å². The molecule has 0 aliphatic carbocycles. The molecule has 0 aliphatic rings. The van der Waals surface area contributed by atoms with Gasteiger partial charge in [0.25, 0.3) is 0 Å². The van der Waals surface area contributed by atoms with Gasteiger partial charge < -0.3 is 9.32 Å². The van der Waals surface area contributed by atoms with Crippen LogP contribution in [0.15, 0.2) is 229 Å². The molecule has 0 saturated carbocycles. The molecule has 58 heavy (non-hydrogen) atoms. The van der Waals surface area contributed by atoms with Crippen molar-refractivity contribution in [2.45, 2.75) is 0 Å². The maximum atomic E-state index is 6.75. The summed E-state index contributed by atoms with van der Waals surface area (Å²) in [5, 5.41) is 7.18. The van der Waals surface area contributed by atoms with Crippen LogP contribution in [0.4, 0.5) is 17.1 Å². The first-order valence-electron chi connectivity index (χ1n) is 19.8. The molecule has 0 radical (unpaired) electrons. The normalized spacial score (nSPS) is 11.4. The minimum Gasteiger partial charge on any atom is -0.455 e. The highest BCUT2D eigenvalue weighted by Crippen LogP contribution is 2.42. The van der Waals surface area contributed by atoms with Gasteiger partial charge in [-0.1, -0.05) is 170 Å². The fourth-order valence-corrected chi connectivity index (χ4v) is 8.62. The Balaban J connectivity index is 1.03. The van der Waals surface area contributed by atoms with Crippen LogP contribution in [-0.2, 0) is 0 Å². The second kappa shape index (κ2) is 14.1. The lowest BCUT2D eigenvalue weighted by atomic mass is 9.93. The maximum Gasteiger partial charge on any atom is 0.143 e. The first kappa shape index (κ1) is 33.6. The Bertz CT molecular complexity index is 3250. The molecule has 10 aromatic carbocycles. The van der Waals surface area contributed by atoms with Crippen LogP contribution < -0.4 is 4.90 Å². The van der Waals surface area contributed by atoms with E-state index in [4.69, 9.17) is 4.42 Å². The van der Waals surface area contributed by atoms with E-state index in [9.17, 15) is 0 Å². The molecule has 1 aromatic heterocycles. The van der Waals surface area contributed by atoms with Gasteiger partial charge in [-0.2, -0.15) is 0 Å². The zero-order valence-electron chi connectivity index (χ0n) is 31.7. The van der Waals surface area contributed by atoms with Gasteiger partial charge in [0.2, 0.25) is 0 Å². The van der Waals surface area contributed by atoms with E-state index in [0.29, 0.717) is 0 Å². The Morgan fingerprint density at radius 1 is 0.276 bits per heavy atom. The second-order valence-electron chi connectivity index (χ2n) is 14.9. The number of para-hydroxylation sites is 1. The van der Waals surface area contributed by atoms with Crippen molar-refractivity contribution in [3.05, 3.63) is 224 Å². The van der Waals surface area contributed by atoms with Crippen LogP contribution in [0, 0.1) is 0 Å². The summed E-state index contributed by atoms with van der Waals surface area (Å²) in [6.07, 6.45) is 0. The summed E-state index contributed by atoms with van der Waals surface area (Å²) in [4.78, 5) is 2.33. The van der Waals surface area contributed by atoms with Crippen molar-refractivity contribution in [1.29, 1.82) is 0 Å². The van der Waals surface area contributed by atoms with Crippen LogP contribution >= 0.6 is 0 Å². The van der Waals surface area contributed by atoms with Crippen LogP contribution in [0.5, 0.6) is 0 Å². The predicted molar refractivity (Wildman–Crippen MR) is 245 cm³/mol. The highest BCUT2D eigenvalue weighted by molar-refractivity contribution is 6.10. The molecule has 0 fully saturated rings. The number of rotatable bonds is 7. The van der Waals surface area contributed by atoms with Crippen LogP contribution in [0.1, 0.15) is 0 Å². The lowest BCUT2D eigenvalue weighted by Crippen LogP contribution is -2.09. The van der Waals surface area contributed by atoms with Crippen LogP contribution in [0.25, 0.3) is 88.0 Å². The summed E-state index contributed by atoms with van der Waals surface area (Å²) in [6.45, 7) is 0. The molecule has 11 aromatic rings. The largest absolute Gasteiger partial charge is 0.455 e. The quantitative estimate of drug-likeness (QED) is 0.162. The highest BCUT2D eigenvalue weighted by atomic mass is 16.3. The third-order valence-corrected chi connectivity index (χ3v) is 11.5. The zero-order valence-corrected chi connectivity index (χ0v) is 31.7. The Labute approximate surface area is 337 Å². The van der Waals surface area contributed by atoms with Gasteiger partial charge in [-0.25, -0.2) is 0 Å². The van der Waals surface area contributed by atoms with E-state index in [1.54, 1.807) is 0 Å². The molecule has 272 valence electrons. The second-order valence-corrected chi connectivity index (χ2v) is 14.9. The van der Waals surface area contributed by atoms with Crippen molar-refractivity contribution in [2.24, 2.45) is 0 Å². The molecular formula is C56H37NO. The number of anilines is 3. The van der Waals surface area contributed by atoms with Crippen molar-refractivity contribution in [3.63, 3.8) is 0 Å². The Morgan fingerprint density at radius 2 is 0.793 bits per heavy atom. The Morgan fingerprint density at radius 3 is 1.52 bits per heavy atom. The van der Waals surface area contributed by atoms with Gasteiger partial charge in [0.15, 0.2) is 0 Å². The van der Waals surface area contributed by atoms with Crippen molar-refractivity contribution in [2.75, 3.05) is 4.90 Å². The van der Waals surface area contributed by atoms with E-state index in [1.807, 2.05) is 6.07 Å². The number of hydrogen-bond donors (Lipinski definition) is 0. The van der Waals surface area contributed by atoms with Crippen LogP contribution in [-0.4, -0.2) is 0 Å². The van der Waals surface area contributed by atoms with Gasteiger partial charge in [0, 0.05) is 39.5 Å². The van der Waals surface area contributed by atoms with Gasteiger partial charge in [0.1, 0.15) is 11.2 Å². The van der Waals surface area contributed by atoms with E-state index in [0.717, 1.165) is 50.1 Å². The summed E-state index contributed by atoms with van der Waals surface area (Å²) in [7, 11) is 0. The van der Waals surface area contributed by atoms with Gasteiger partial charge in [-0.05, 0) is 109 Å². The van der Waals surface area contributed by atoms with E-state index in [2.05, 4.69) is 223 Å². The molecular weight excluding hydrogens is 703 g/mol. The fourth-order valence-electron chi connectivity index (χ4n) is 8.62. The fraction of sp³-hybridized carbons (Fsp3) is 0. The topological polar surface area (TPSA) is 16.4 Å². The zero-order chi connectivity index (χ0) is 38.4. The van der Waals surface area contributed by atoms with Crippen molar-refractivity contribution < 1.29 is 4.42 Å². The van der Waals surface area contributed by atoms with E-state index < -0.39 is 0 Å². The predicted octanol–water partition coefficient (Wildman–Crippen LogP) is 16.0. The Hall–Kier alpha value is -7.68. The van der Waals surface area contributed by atoms with Gasteiger partial charge in [0.05, 0.1) is 0 Å². The van der Waals surface area contributed by atoms with Crippen molar-refractivity contribution >= 4 is 60.5 Å². The SMILES string of the molecule is c1ccc(-c2cc(-c3ccc(N(c4ccc(-c5cccc6ccccc56)cc4)c4ccc5c(c4)oc4c(-c6ccccc6)cccc45)cc3)cc3ccccc23)cc1. The molecule has 0 aliphatic heterocycles. The van der Waals surface area contributed by atoms with Gasteiger partial charge in [-0.3, -0.25) is 0 Å². The maximum absolute atomic E-state index is 6.75. The van der Waals surface area contributed by atoms with Crippen molar-refractivity contribution in [1.82, 2.24) is 0 Å². The number of furan rings is 1. The number of nitrogens with zero attached hydrogens (tertiary/aromatic N) is 1. The number of benzene rings is 10. The lowest BCUT2D eigenvalue weighted by molar-refractivity contribution is 0.670. The Kier molecular flexibility index (Phi) is 8.19. The summed E-state index contributed by atoms with van der Waals surface area (Å²) in [5.74, 6) is 0. The van der Waals surface area contributed by atoms with Crippen molar-refractivity contribution in [3.8, 4) is 44.5 Å². The third-order valence-electron chi connectivity index (χ3n) is 11.5. The molecule has 0 bridgehead atoms. The number of hydrogen-bond acceptors (Lipinski definition) is 2. The standard InChI is InChI=1S/C56H37NO/c1-3-13-40(14-4-1)51-23-12-24-53-52-34-33-47(37-55(52)58-56(51)53)57(46-31-27-42(28-32-46)49-22-11-19-39-17-7-9-20-48(39)49)45-29-25-38(26-30-45)44-35-43-18-8-10-21-50(43)54(36-44)41-15-5-2-6-16-41/h1-37H. The lowest BCUT2D eigenvalue weighted by Gasteiger charge is -2.26. The summed E-state index contributed by atoms with van der Waals surface area (Å²) in [5.41, 5.74) is 14.4. The van der Waals surface area contributed by atoms with E-state index >= 15 is 0 Å². The van der Waals surface area contributed by atoms with Crippen LogP contribution in [0.2, 0.25) is 0 Å². The summed E-state index contributed by atoms with van der Waals surface area (Å²) < 4.78 is 6.75. The average Bonchev–Trinajstić information content (AvgIpc) is 3.68. The molecule has 2 heteroatoms. The molecule has 1 heterocycles. The third kappa shape index (κ3) is 5.91. The molecule has 0 atom stereocenters. The van der Waals surface area contributed by atoms with Gasteiger partial charge >= 0.3 is 0 Å². The average molecular weight is 740 g/mol. The minimum absolute atomic E-state index is 0.856. The molecule has 2 nitrogen and oxygen atoms in total. The highest BCUT2D eigenvalue weighted by Gasteiger charge is 2.18. The molecule has 0 saturated heterocycles. The monoisotopic (exact) mass is 739 g/mol. The first-order valence-corrected chi connectivity index (χ1v) is 19.8. The molecule has 0 unspecified atom stereocenters. The smallest absolute Gasteiger partial charge is 0.143 e. The molecule has 0 spiro atoms. The molecule has 0 N–H and O–H groups in total. The number of fused-ring (bicyclic) bond motifs is 5. The minimum atomic E-state index is 0.856. The summed E-state index contributed by atoms with van der Waals surface area (Å²) >= 11 is 0.